The highest BCUT2D eigenvalue weighted by Gasteiger charge is 2.13. The molecule has 0 fully saturated rings. The summed E-state index contributed by atoms with van der Waals surface area (Å²) in [6.07, 6.45) is 4.21. The van der Waals surface area contributed by atoms with Gasteiger partial charge in [-0.2, -0.15) is 5.10 Å². The maximum absolute atomic E-state index is 12.2. The van der Waals surface area contributed by atoms with Crippen LogP contribution in [-0.4, -0.2) is 15.6 Å². The Morgan fingerprint density at radius 1 is 1.38 bits per heavy atom. The van der Waals surface area contributed by atoms with Crippen LogP contribution in [0.4, 0.5) is 0 Å². The Kier molecular flexibility index (Phi) is 2.86. The molecule has 0 radical (unpaired) electrons. The SMILES string of the molecule is CCc1ccccc1C(=O)c1cnn(C)c1. The average molecular weight is 214 g/mol. The van der Waals surface area contributed by atoms with E-state index in [1.54, 1.807) is 17.1 Å². The predicted octanol–water partition coefficient (Wildman–Crippen LogP) is 2.21. The van der Waals surface area contributed by atoms with Crippen LogP contribution < -0.4 is 0 Å². The molecule has 0 aliphatic rings. The first-order valence-electron chi connectivity index (χ1n) is 5.33. The first-order valence-corrected chi connectivity index (χ1v) is 5.33. The van der Waals surface area contributed by atoms with E-state index in [0.717, 1.165) is 17.5 Å². The fraction of sp³-hybridized carbons (Fsp3) is 0.231. The number of carbonyl (C=O) groups excluding carboxylic acids is 1. The highest BCUT2D eigenvalue weighted by molar-refractivity contribution is 6.09. The summed E-state index contributed by atoms with van der Waals surface area (Å²) < 4.78 is 1.64. The lowest BCUT2D eigenvalue weighted by molar-refractivity contribution is 0.103. The van der Waals surface area contributed by atoms with Crippen LogP contribution in [0.1, 0.15) is 28.4 Å². The first-order chi connectivity index (χ1) is 7.72. The third-order valence-electron chi connectivity index (χ3n) is 2.61. The van der Waals surface area contributed by atoms with Crippen molar-refractivity contribution in [3.8, 4) is 0 Å². The van der Waals surface area contributed by atoms with Gasteiger partial charge in [-0.05, 0) is 12.0 Å². The van der Waals surface area contributed by atoms with Gasteiger partial charge in [0.05, 0.1) is 11.8 Å². The third kappa shape index (κ3) is 1.89. The van der Waals surface area contributed by atoms with Gasteiger partial charge in [0.1, 0.15) is 0 Å². The zero-order valence-corrected chi connectivity index (χ0v) is 9.47. The Morgan fingerprint density at radius 2 is 2.12 bits per heavy atom. The highest BCUT2D eigenvalue weighted by atomic mass is 16.1. The average Bonchev–Trinajstić information content (AvgIpc) is 2.75. The molecule has 2 aromatic rings. The molecule has 0 unspecified atom stereocenters. The number of rotatable bonds is 3. The normalized spacial score (nSPS) is 10.4. The van der Waals surface area contributed by atoms with Crippen molar-refractivity contribution in [1.29, 1.82) is 0 Å². The maximum Gasteiger partial charge on any atom is 0.196 e. The summed E-state index contributed by atoms with van der Waals surface area (Å²) in [5.41, 5.74) is 2.50. The van der Waals surface area contributed by atoms with Crippen molar-refractivity contribution < 1.29 is 4.79 Å². The van der Waals surface area contributed by atoms with E-state index in [0.29, 0.717) is 5.56 Å². The van der Waals surface area contributed by atoms with E-state index in [-0.39, 0.29) is 5.78 Å². The number of hydrogen-bond acceptors (Lipinski definition) is 2. The van der Waals surface area contributed by atoms with Gasteiger partial charge in [0.2, 0.25) is 0 Å². The summed E-state index contributed by atoms with van der Waals surface area (Å²) in [7, 11) is 1.81. The lowest BCUT2D eigenvalue weighted by Crippen LogP contribution is -2.03. The molecule has 0 bridgehead atoms. The molecule has 3 heteroatoms. The summed E-state index contributed by atoms with van der Waals surface area (Å²) in [6, 6.07) is 7.71. The molecule has 1 aromatic heterocycles. The van der Waals surface area contributed by atoms with Crippen molar-refractivity contribution in [2.24, 2.45) is 7.05 Å². The van der Waals surface area contributed by atoms with Crippen molar-refractivity contribution >= 4 is 5.78 Å². The van der Waals surface area contributed by atoms with E-state index in [1.165, 1.54) is 0 Å². The van der Waals surface area contributed by atoms with Gasteiger partial charge < -0.3 is 0 Å². The van der Waals surface area contributed by atoms with E-state index < -0.39 is 0 Å². The molecule has 0 spiro atoms. The standard InChI is InChI=1S/C13H14N2O/c1-3-10-6-4-5-7-12(10)13(16)11-8-14-15(2)9-11/h4-9H,3H2,1-2H3. The van der Waals surface area contributed by atoms with Crippen LogP contribution in [0.25, 0.3) is 0 Å². The van der Waals surface area contributed by atoms with E-state index in [2.05, 4.69) is 12.0 Å². The lowest BCUT2D eigenvalue weighted by atomic mass is 9.99. The van der Waals surface area contributed by atoms with Crippen LogP contribution >= 0.6 is 0 Å². The van der Waals surface area contributed by atoms with Crippen LogP contribution in [0.3, 0.4) is 0 Å². The van der Waals surface area contributed by atoms with Crippen LogP contribution in [0, 0.1) is 0 Å². The lowest BCUT2D eigenvalue weighted by Gasteiger charge is -2.04. The number of nitrogens with zero attached hydrogens (tertiary/aromatic N) is 2. The molecule has 2 rings (SSSR count). The molecule has 1 aromatic carbocycles. The molecule has 0 amide bonds. The Bertz CT molecular complexity index is 514. The zero-order chi connectivity index (χ0) is 11.5. The molecule has 0 N–H and O–H groups in total. The summed E-state index contributed by atoms with van der Waals surface area (Å²) in [5, 5.41) is 4.01. The summed E-state index contributed by atoms with van der Waals surface area (Å²) in [6.45, 7) is 2.05. The van der Waals surface area contributed by atoms with Gasteiger partial charge in [-0.1, -0.05) is 31.2 Å². The second-order valence-corrected chi connectivity index (χ2v) is 3.74. The Hall–Kier alpha value is -1.90. The zero-order valence-electron chi connectivity index (χ0n) is 9.47. The molecule has 0 atom stereocenters. The second kappa shape index (κ2) is 4.31. The molecular weight excluding hydrogens is 200 g/mol. The van der Waals surface area contributed by atoms with E-state index in [1.807, 2.05) is 31.3 Å². The third-order valence-corrected chi connectivity index (χ3v) is 2.61. The smallest absolute Gasteiger partial charge is 0.196 e. The van der Waals surface area contributed by atoms with Crippen LogP contribution in [0.15, 0.2) is 36.7 Å². The van der Waals surface area contributed by atoms with Gasteiger partial charge in [-0.3, -0.25) is 9.48 Å². The van der Waals surface area contributed by atoms with Crippen molar-refractivity contribution in [2.45, 2.75) is 13.3 Å². The maximum atomic E-state index is 12.2. The predicted molar refractivity (Wildman–Crippen MR) is 62.5 cm³/mol. The molecule has 0 saturated carbocycles. The van der Waals surface area contributed by atoms with Crippen molar-refractivity contribution in [3.05, 3.63) is 53.3 Å². The number of hydrogen-bond donors (Lipinski definition) is 0. The number of ketones is 1. The van der Waals surface area contributed by atoms with Crippen LogP contribution in [0.2, 0.25) is 0 Å². The Morgan fingerprint density at radius 3 is 2.75 bits per heavy atom. The minimum absolute atomic E-state index is 0.0468. The van der Waals surface area contributed by atoms with Gasteiger partial charge in [0.25, 0.3) is 0 Å². The largest absolute Gasteiger partial charge is 0.288 e. The van der Waals surface area contributed by atoms with Crippen LogP contribution in [0.5, 0.6) is 0 Å². The van der Waals surface area contributed by atoms with Crippen molar-refractivity contribution in [2.75, 3.05) is 0 Å². The summed E-state index contributed by atoms with van der Waals surface area (Å²) in [5.74, 6) is 0.0468. The van der Waals surface area contributed by atoms with Gasteiger partial charge in [0.15, 0.2) is 5.78 Å². The fourth-order valence-corrected chi connectivity index (χ4v) is 1.74. The van der Waals surface area contributed by atoms with Crippen molar-refractivity contribution in [1.82, 2.24) is 9.78 Å². The molecule has 3 nitrogen and oxygen atoms in total. The van der Waals surface area contributed by atoms with Gasteiger partial charge in [0, 0.05) is 18.8 Å². The van der Waals surface area contributed by atoms with Crippen LogP contribution in [-0.2, 0) is 13.5 Å². The number of aromatic nitrogens is 2. The van der Waals surface area contributed by atoms with Gasteiger partial charge >= 0.3 is 0 Å². The molecule has 0 saturated heterocycles. The molecular formula is C13H14N2O. The highest BCUT2D eigenvalue weighted by Crippen LogP contribution is 2.14. The summed E-state index contributed by atoms with van der Waals surface area (Å²) >= 11 is 0. The number of aryl methyl sites for hydroxylation is 2. The minimum atomic E-state index is 0.0468. The monoisotopic (exact) mass is 214 g/mol. The quantitative estimate of drug-likeness (QED) is 0.734. The fourth-order valence-electron chi connectivity index (χ4n) is 1.74. The molecule has 1 heterocycles. The number of benzene rings is 1. The molecule has 16 heavy (non-hydrogen) atoms. The van der Waals surface area contributed by atoms with E-state index in [4.69, 9.17) is 0 Å². The second-order valence-electron chi connectivity index (χ2n) is 3.74. The Balaban J connectivity index is 2.41. The van der Waals surface area contributed by atoms with E-state index in [9.17, 15) is 4.79 Å². The summed E-state index contributed by atoms with van der Waals surface area (Å²) in [4.78, 5) is 12.2. The van der Waals surface area contributed by atoms with E-state index >= 15 is 0 Å². The minimum Gasteiger partial charge on any atom is -0.288 e. The molecule has 82 valence electrons. The van der Waals surface area contributed by atoms with Crippen molar-refractivity contribution in [3.63, 3.8) is 0 Å². The Labute approximate surface area is 94.7 Å². The molecule has 0 aliphatic carbocycles. The topological polar surface area (TPSA) is 34.9 Å². The first kappa shape index (κ1) is 10.6. The number of carbonyl (C=O) groups is 1. The molecule has 0 aliphatic heterocycles. The van der Waals surface area contributed by atoms with Gasteiger partial charge in [-0.25, -0.2) is 0 Å². The van der Waals surface area contributed by atoms with Gasteiger partial charge in [-0.15, -0.1) is 0 Å².